The zero-order valence-electron chi connectivity index (χ0n) is 15.9. The molecule has 7 heteroatoms. The minimum absolute atomic E-state index is 0.0301. The lowest BCUT2D eigenvalue weighted by atomic mass is 9.84. The second-order valence-corrected chi connectivity index (χ2v) is 7.89. The summed E-state index contributed by atoms with van der Waals surface area (Å²) >= 11 is 5.93. The molecule has 2 N–H and O–H groups in total. The maximum atomic E-state index is 12.6. The molecule has 1 aliphatic rings. The van der Waals surface area contributed by atoms with E-state index in [-0.39, 0.29) is 24.3 Å². The Kier molecular flexibility index (Phi) is 5.39. The van der Waals surface area contributed by atoms with Gasteiger partial charge in [-0.05, 0) is 42.7 Å². The highest BCUT2D eigenvalue weighted by Gasteiger charge is 2.35. The number of carbonyl (C=O) groups is 1. The summed E-state index contributed by atoms with van der Waals surface area (Å²) in [7, 11) is 0. The number of hydrogen-bond acceptors (Lipinski definition) is 4. The van der Waals surface area contributed by atoms with Crippen LogP contribution in [0.3, 0.4) is 0 Å². The Balaban J connectivity index is 1.37. The second kappa shape index (κ2) is 7.97. The molecule has 0 unspecified atom stereocenters. The molecule has 0 radical (unpaired) electrons. The first-order chi connectivity index (χ1) is 13.9. The lowest BCUT2D eigenvalue weighted by Crippen LogP contribution is -2.45. The molecule has 0 saturated carbocycles. The van der Waals surface area contributed by atoms with Crippen molar-refractivity contribution in [1.82, 2.24) is 14.9 Å². The molecule has 29 heavy (non-hydrogen) atoms. The van der Waals surface area contributed by atoms with Gasteiger partial charge >= 0.3 is 0 Å². The van der Waals surface area contributed by atoms with Crippen LogP contribution in [0.25, 0.3) is 11.0 Å². The minimum atomic E-state index is -0.946. The van der Waals surface area contributed by atoms with Crippen LogP contribution in [0.5, 0.6) is 0 Å². The summed E-state index contributed by atoms with van der Waals surface area (Å²) in [5, 5.41) is 11.6. The summed E-state index contributed by atoms with van der Waals surface area (Å²) in [5.74, 6) is -0.0301. The number of nitrogens with zero attached hydrogens (tertiary/aromatic N) is 2. The minimum Gasteiger partial charge on any atom is -0.385 e. The van der Waals surface area contributed by atoms with E-state index < -0.39 is 5.60 Å². The van der Waals surface area contributed by atoms with Crippen LogP contribution in [0.15, 0.2) is 53.3 Å². The number of hydrogen-bond donors (Lipinski definition) is 2. The fraction of sp³-hybridized carbons (Fsp3) is 0.318. The van der Waals surface area contributed by atoms with E-state index in [1.807, 2.05) is 30.3 Å². The Hall–Kier alpha value is -2.70. The number of likely N-dealkylation sites (tertiary alicyclic amines) is 1. The molecule has 2 aromatic carbocycles. The molecule has 6 nitrogen and oxygen atoms in total. The molecular weight excluding hydrogens is 390 g/mol. The number of H-pyrrole nitrogens is 1. The van der Waals surface area contributed by atoms with Gasteiger partial charge in [0.05, 0.1) is 16.6 Å². The van der Waals surface area contributed by atoms with Gasteiger partial charge in [0.15, 0.2) is 0 Å². The number of aryl methyl sites for hydroxylation is 1. The molecule has 1 amide bonds. The van der Waals surface area contributed by atoms with Crippen LogP contribution in [-0.2, 0) is 16.8 Å². The van der Waals surface area contributed by atoms with Crippen LogP contribution in [-0.4, -0.2) is 39.0 Å². The molecular formula is C22H22ClN3O3. The monoisotopic (exact) mass is 411 g/mol. The highest BCUT2D eigenvalue weighted by atomic mass is 35.5. The largest absolute Gasteiger partial charge is 0.385 e. The number of rotatable bonds is 4. The van der Waals surface area contributed by atoms with Gasteiger partial charge in [0, 0.05) is 31.0 Å². The number of aliphatic hydroxyl groups is 1. The van der Waals surface area contributed by atoms with Gasteiger partial charge < -0.3 is 15.0 Å². The number of amides is 1. The van der Waals surface area contributed by atoms with E-state index in [1.165, 1.54) is 0 Å². The van der Waals surface area contributed by atoms with Crippen molar-refractivity contribution >= 4 is 28.5 Å². The molecule has 1 aromatic heterocycles. The molecule has 0 bridgehead atoms. The third kappa shape index (κ3) is 4.18. The summed E-state index contributed by atoms with van der Waals surface area (Å²) in [6.07, 6.45) is 1.44. The quantitative estimate of drug-likeness (QED) is 0.691. The fourth-order valence-corrected chi connectivity index (χ4v) is 3.92. The fourth-order valence-electron chi connectivity index (χ4n) is 3.80. The van der Waals surface area contributed by atoms with Gasteiger partial charge in [-0.3, -0.25) is 9.59 Å². The van der Waals surface area contributed by atoms with E-state index in [0.29, 0.717) is 47.7 Å². The zero-order chi connectivity index (χ0) is 20.4. The normalized spacial score (nSPS) is 16.1. The van der Waals surface area contributed by atoms with Crippen LogP contribution in [0.4, 0.5) is 0 Å². The van der Waals surface area contributed by atoms with Gasteiger partial charge in [0.25, 0.3) is 5.56 Å². The third-order valence-electron chi connectivity index (χ3n) is 5.57. The Morgan fingerprint density at radius 3 is 2.55 bits per heavy atom. The number of carbonyl (C=O) groups excluding carboxylic acids is 1. The Labute approximate surface area is 173 Å². The summed E-state index contributed by atoms with van der Waals surface area (Å²) in [6, 6.07) is 14.5. The number of para-hydroxylation sites is 2. The molecule has 3 aromatic rings. The molecule has 0 spiro atoms. The molecule has 0 atom stereocenters. The number of fused-ring (bicyclic) bond motifs is 1. The van der Waals surface area contributed by atoms with E-state index in [9.17, 15) is 14.7 Å². The van der Waals surface area contributed by atoms with Crippen LogP contribution in [0, 0.1) is 0 Å². The number of piperidine rings is 1. The maximum absolute atomic E-state index is 12.6. The van der Waals surface area contributed by atoms with Crippen molar-refractivity contribution in [3.63, 3.8) is 0 Å². The summed E-state index contributed by atoms with van der Waals surface area (Å²) < 4.78 is 0. The second-order valence-electron chi connectivity index (χ2n) is 7.45. The van der Waals surface area contributed by atoms with Gasteiger partial charge in [0.2, 0.25) is 5.91 Å². The number of aromatic nitrogens is 2. The van der Waals surface area contributed by atoms with Gasteiger partial charge in [-0.2, -0.15) is 0 Å². The summed E-state index contributed by atoms with van der Waals surface area (Å²) in [4.78, 5) is 33.8. The lowest BCUT2D eigenvalue weighted by Gasteiger charge is -2.38. The van der Waals surface area contributed by atoms with Gasteiger partial charge in [0.1, 0.15) is 5.69 Å². The highest BCUT2D eigenvalue weighted by Crippen LogP contribution is 2.33. The van der Waals surface area contributed by atoms with Crippen LogP contribution < -0.4 is 5.56 Å². The van der Waals surface area contributed by atoms with Crippen molar-refractivity contribution in [3.05, 3.63) is 75.2 Å². The first-order valence-corrected chi connectivity index (χ1v) is 10.1. The molecule has 150 valence electrons. The topological polar surface area (TPSA) is 86.3 Å². The molecule has 0 aliphatic carbocycles. The van der Waals surface area contributed by atoms with Gasteiger partial charge in [-0.15, -0.1) is 0 Å². The molecule has 1 aliphatic heterocycles. The van der Waals surface area contributed by atoms with Crippen LogP contribution in [0.1, 0.15) is 30.5 Å². The predicted octanol–water partition coefficient (Wildman–Crippen LogP) is 3.02. The summed E-state index contributed by atoms with van der Waals surface area (Å²) in [5.41, 5.74) is 1.38. The molecule has 1 saturated heterocycles. The smallest absolute Gasteiger partial charge is 0.270 e. The van der Waals surface area contributed by atoms with Crippen molar-refractivity contribution in [2.75, 3.05) is 13.1 Å². The van der Waals surface area contributed by atoms with E-state index in [4.69, 9.17) is 11.6 Å². The highest BCUT2D eigenvalue weighted by molar-refractivity contribution is 6.30. The number of halogens is 1. The molecule has 2 heterocycles. The number of aromatic amines is 1. The number of nitrogens with one attached hydrogen (secondary N) is 1. The average molecular weight is 412 g/mol. The van der Waals surface area contributed by atoms with Gasteiger partial charge in [-0.1, -0.05) is 35.9 Å². The van der Waals surface area contributed by atoms with Crippen molar-refractivity contribution in [2.45, 2.75) is 31.3 Å². The van der Waals surface area contributed by atoms with Crippen molar-refractivity contribution in [2.24, 2.45) is 0 Å². The maximum Gasteiger partial charge on any atom is 0.270 e. The molecule has 1 fully saturated rings. The van der Waals surface area contributed by atoms with Crippen LogP contribution in [0.2, 0.25) is 5.02 Å². The van der Waals surface area contributed by atoms with E-state index in [0.717, 1.165) is 5.56 Å². The van der Waals surface area contributed by atoms with Crippen molar-refractivity contribution in [3.8, 4) is 0 Å². The Morgan fingerprint density at radius 2 is 1.83 bits per heavy atom. The summed E-state index contributed by atoms with van der Waals surface area (Å²) in [6.45, 7) is 0.943. The first-order valence-electron chi connectivity index (χ1n) is 9.69. The standard InChI is InChI=1S/C22H22ClN3O3/c23-16-7-5-15(6-8-16)22(29)11-13-26(14-12-22)20(27)10-9-19-21(28)25-18-4-2-1-3-17(18)24-19/h1-8,29H,9-14H2,(H,25,28). The SMILES string of the molecule is O=C(CCc1nc2ccccc2[nH]c1=O)N1CCC(O)(c2ccc(Cl)cc2)CC1. The van der Waals surface area contributed by atoms with E-state index >= 15 is 0 Å². The van der Waals surface area contributed by atoms with Crippen LogP contribution >= 0.6 is 11.6 Å². The van der Waals surface area contributed by atoms with E-state index in [1.54, 1.807) is 23.1 Å². The van der Waals surface area contributed by atoms with Crippen molar-refractivity contribution < 1.29 is 9.90 Å². The van der Waals surface area contributed by atoms with Crippen molar-refractivity contribution in [1.29, 1.82) is 0 Å². The Bertz CT molecular complexity index is 1090. The average Bonchev–Trinajstić information content (AvgIpc) is 2.73. The lowest BCUT2D eigenvalue weighted by molar-refractivity contribution is -0.135. The van der Waals surface area contributed by atoms with E-state index in [2.05, 4.69) is 9.97 Å². The first kappa shape index (κ1) is 19.6. The zero-order valence-corrected chi connectivity index (χ0v) is 16.7. The number of benzene rings is 2. The third-order valence-corrected chi connectivity index (χ3v) is 5.82. The Morgan fingerprint density at radius 1 is 1.14 bits per heavy atom. The molecule has 4 rings (SSSR count). The van der Waals surface area contributed by atoms with Gasteiger partial charge in [-0.25, -0.2) is 4.98 Å². The predicted molar refractivity (Wildman–Crippen MR) is 112 cm³/mol.